The van der Waals surface area contributed by atoms with Crippen LogP contribution in [0.3, 0.4) is 0 Å². The Morgan fingerprint density at radius 3 is 3.17 bits per heavy atom. The third-order valence-corrected chi connectivity index (χ3v) is 3.77. The molecule has 1 fully saturated rings. The Labute approximate surface area is 111 Å². The fraction of sp³-hybridized carbons (Fsp3) is 0.538. The zero-order valence-corrected chi connectivity index (χ0v) is 11.2. The summed E-state index contributed by atoms with van der Waals surface area (Å²) in [5, 5.41) is 0. The fourth-order valence-corrected chi connectivity index (χ4v) is 2.84. The molecule has 0 bridgehead atoms. The Morgan fingerprint density at radius 1 is 1.56 bits per heavy atom. The Bertz CT molecular complexity index is 560. The first-order valence-electron chi connectivity index (χ1n) is 6.20. The molecule has 0 amide bonds. The zero-order valence-electron chi connectivity index (χ0n) is 10.4. The number of aromatic nitrogens is 3. The van der Waals surface area contributed by atoms with E-state index in [0.29, 0.717) is 5.88 Å². The molecule has 1 aliphatic rings. The molecule has 1 aliphatic heterocycles. The zero-order chi connectivity index (χ0) is 12.6. The lowest BCUT2D eigenvalue weighted by atomic mass is 10.0. The van der Waals surface area contributed by atoms with Crippen LogP contribution in [0.2, 0.25) is 0 Å². The predicted octanol–water partition coefficient (Wildman–Crippen LogP) is 2.35. The number of hydrogen-bond donors (Lipinski definition) is 0. The van der Waals surface area contributed by atoms with E-state index in [1.165, 1.54) is 0 Å². The average Bonchev–Trinajstić information content (AvgIpc) is 2.93. The maximum atomic E-state index is 5.89. The summed E-state index contributed by atoms with van der Waals surface area (Å²) in [4.78, 5) is 8.79. The first kappa shape index (κ1) is 11.9. The summed E-state index contributed by atoms with van der Waals surface area (Å²) in [6.07, 6.45) is 5.40. The van der Waals surface area contributed by atoms with Crippen LogP contribution in [0, 0.1) is 0 Å². The van der Waals surface area contributed by atoms with Crippen molar-refractivity contribution in [1.29, 1.82) is 0 Å². The van der Waals surface area contributed by atoms with Crippen LogP contribution in [0.25, 0.3) is 11.0 Å². The summed E-state index contributed by atoms with van der Waals surface area (Å²) in [5.74, 6) is 1.61. The molecule has 3 heterocycles. The van der Waals surface area contributed by atoms with Crippen LogP contribution in [0.15, 0.2) is 18.5 Å². The lowest BCUT2D eigenvalue weighted by molar-refractivity contribution is 0.162. The minimum atomic E-state index is -0.0164. The number of imidazole rings is 1. The Balaban J connectivity index is 2.20. The predicted molar refractivity (Wildman–Crippen MR) is 71.0 cm³/mol. The number of alkyl halides is 1. The van der Waals surface area contributed by atoms with Gasteiger partial charge in [0.15, 0.2) is 0 Å². The third-order valence-electron chi connectivity index (χ3n) is 3.58. The lowest BCUT2D eigenvalue weighted by Crippen LogP contribution is -2.32. The molecule has 0 N–H and O–H groups in total. The van der Waals surface area contributed by atoms with Gasteiger partial charge in [-0.2, -0.15) is 0 Å². The van der Waals surface area contributed by atoms with E-state index in [-0.39, 0.29) is 5.54 Å². The molecule has 0 aromatic carbocycles. The topological polar surface area (TPSA) is 39.9 Å². The van der Waals surface area contributed by atoms with E-state index in [4.69, 9.17) is 16.3 Å². The SMILES string of the molecule is CC1(n2c(CCCl)nc3cnccc32)CCOC1. The van der Waals surface area contributed by atoms with Crippen LogP contribution in [-0.4, -0.2) is 33.6 Å². The van der Waals surface area contributed by atoms with E-state index < -0.39 is 0 Å². The number of nitrogens with zero attached hydrogens (tertiary/aromatic N) is 3. The molecule has 5 heteroatoms. The van der Waals surface area contributed by atoms with Crippen LogP contribution < -0.4 is 0 Å². The molecule has 2 aromatic heterocycles. The van der Waals surface area contributed by atoms with Crippen molar-refractivity contribution in [2.45, 2.75) is 25.3 Å². The molecule has 0 spiro atoms. The molecule has 1 unspecified atom stereocenters. The first-order chi connectivity index (χ1) is 8.74. The van der Waals surface area contributed by atoms with Gasteiger partial charge in [-0.15, -0.1) is 11.6 Å². The second-order valence-corrected chi connectivity index (χ2v) is 5.34. The quantitative estimate of drug-likeness (QED) is 0.800. The van der Waals surface area contributed by atoms with E-state index in [2.05, 4.69) is 21.5 Å². The highest BCUT2D eigenvalue weighted by molar-refractivity contribution is 6.17. The Hall–Kier alpha value is -1.13. The van der Waals surface area contributed by atoms with Crippen molar-refractivity contribution in [2.24, 2.45) is 0 Å². The number of ether oxygens (including phenoxy) is 1. The molecular formula is C13H16ClN3O. The van der Waals surface area contributed by atoms with Gasteiger partial charge < -0.3 is 9.30 Å². The standard InChI is InChI=1S/C13H16ClN3O/c1-13(4-7-18-9-13)17-11-3-6-15-8-10(11)16-12(17)2-5-14/h3,6,8H,2,4-5,7,9H2,1H3. The molecule has 18 heavy (non-hydrogen) atoms. The summed E-state index contributed by atoms with van der Waals surface area (Å²) >= 11 is 5.89. The summed E-state index contributed by atoms with van der Waals surface area (Å²) < 4.78 is 7.86. The van der Waals surface area contributed by atoms with Gasteiger partial charge in [-0.25, -0.2) is 4.98 Å². The number of halogens is 1. The summed E-state index contributed by atoms with van der Waals surface area (Å²) in [6, 6.07) is 2.02. The second kappa shape index (κ2) is 4.52. The van der Waals surface area contributed by atoms with Crippen LogP contribution >= 0.6 is 11.6 Å². The van der Waals surface area contributed by atoms with Crippen LogP contribution in [0.5, 0.6) is 0 Å². The van der Waals surface area contributed by atoms with Crippen LogP contribution in [-0.2, 0) is 16.7 Å². The van der Waals surface area contributed by atoms with Crippen molar-refractivity contribution in [3.63, 3.8) is 0 Å². The maximum Gasteiger partial charge on any atom is 0.111 e. The van der Waals surface area contributed by atoms with Crippen LogP contribution in [0.1, 0.15) is 19.2 Å². The highest BCUT2D eigenvalue weighted by Crippen LogP contribution is 2.32. The molecular weight excluding hydrogens is 250 g/mol. The minimum Gasteiger partial charge on any atom is -0.379 e. The van der Waals surface area contributed by atoms with Crippen molar-refractivity contribution in [2.75, 3.05) is 19.1 Å². The highest BCUT2D eigenvalue weighted by Gasteiger charge is 2.34. The van der Waals surface area contributed by atoms with Gasteiger partial charge >= 0.3 is 0 Å². The molecule has 1 atom stereocenters. The van der Waals surface area contributed by atoms with Gasteiger partial charge in [-0.3, -0.25) is 4.98 Å². The number of rotatable bonds is 3. The minimum absolute atomic E-state index is 0.0164. The highest BCUT2D eigenvalue weighted by atomic mass is 35.5. The van der Waals surface area contributed by atoms with E-state index >= 15 is 0 Å². The fourth-order valence-electron chi connectivity index (χ4n) is 2.67. The molecule has 4 nitrogen and oxygen atoms in total. The van der Waals surface area contributed by atoms with E-state index in [9.17, 15) is 0 Å². The van der Waals surface area contributed by atoms with E-state index in [1.54, 1.807) is 0 Å². The molecule has 96 valence electrons. The summed E-state index contributed by atoms with van der Waals surface area (Å²) in [5.41, 5.74) is 2.04. The van der Waals surface area contributed by atoms with Gasteiger partial charge in [0.2, 0.25) is 0 Å². The van der Waals surface area contributed by atoms with Crippen LogP contribution in [0.4, 0.5) is 0 Å². The van der Waals surface area contributed by atoms with Crippen molar-refractivity contribution < 1.29 is 4.74 Å². The number of hydrogen-bond acceptors (Lipinski definition) is 3. The van der Waals surface area contributed by atoms with Crippen molar-refractivity contribution in [3.8, 4) is 0 Å². The van der Waals surface area contributed by atoms with Gasteiger partial charge in [0.05, 0.1) is 23.9 Å². The van der Waals surface area contributed by atoms with Gasteiger partial charge in [0.25, 0.3) is 0 Å². The van der Waals surface area contributed by atoms with Gasteiger partial charge in [0.1, 0.15) is 11.3 Å². The van der Waals surface area contributed by atoms with E-state index in [0.717, 1.165) is 42.9 Å². The van der Waals surface area contributed by atoms with Gasteiger partial charge in [-0.1, -0.05) is 0 Å². The van der Waals surface area contributed by atoms with Crippen molar-refractivity contribution in [3.05, 3.63) is 24.3 Å². The third kappa shape index (κ3) is 1.80. The van der Waals surface area contributed by atoms with Gasteiger partial charge in [0, 0.05) is 25.1 Å². The van der Waals surface area contributed by atoms with Crippen molar-refractivity contribution in [1.82, 2.24) is 14.5 Å². The smallest absolute Gasteiger partial charge is 0.111 e. The number of fused-ring (bicyclic) bond motifs is 1. The monoisotopic (exact) mass is 265 g/mol. The van der Waals surface area contributed by atoms with Crippen molar-refractivity contribution >= 4 is 22.6 Å². The summed E-state index contributed by atoms with van der Waals surface area (Å²) in [7, 11) is 0. The average molecular weight is 266 g/mol. The molecule has 0 radical (unpaired) electrons. The number of aryl methyl sites for hydroxylation is 1. The molecule has 0 aliphatic carbocycles. The Morgan fingerprint density at radius 2 is 2.44 bits per heavy atom. The first-order valence-corrected chi connectivity index (χ1v) is 6.73. The molecule has 3 rings (SSSR count). The largest absolute Gasteiger partial charge is 0.379 e. The molecule has 2 aromatic rings. The van der Waals surface area contributed by atoms with E-state index in [1.807, 2.05) is 18.5 Å². The maximum absolute atomic E-state index is 5.89. The lowest BCUT2D eigenvalue weighted by Gasteiger charge is -2.27. The molecule has 1 saturated heterocycles. The molecule has 0 saturated carbocycles. The second-order valence-electron chi connectivity index (χ2n) is 4.97. The summed E-state index contributed by atoms with van der Waals surface area (Å²) in [6.45, 7) is 3.76. The Kier molecular flexibility index (Phi) is 2.99. The normalized spacial score (nSPS) is 23.9. The number of pyridine rings is 1. The van der Waals surface area contributed by atoms with Gasteiger partial charge in [-0.05, 0) is 19.4 Å².